The Balaban J connectivity index is 1.64. The first-order chi connectivity index (χ1) is 14.1. The van der Waals surface area contributed by atoms with Crippen LogP contribution < -0.4 is 10.6 Å². The largest absolute Gasteiger partial charge is 0.357 e. The Bertz CT molecular complexity index is 855. The Labute approximate surface area is 177 Å². The fourth-order valence-corrected chi connectivity index (χ4v) is 4.37. The second-order valence-corrected chi connectivity index (χ2v) is 8.63. The third kappa shape index (κ3) is 6.03. The van der Waals surface area contributed by atoms with Gasteiger partial charge in [0.25, 0.3) is 5.91 Å². The van der Waals surface area contributed by atoms with Crippen molar-refractivity contribution in [2.45, 2.75) is 53.1 Å². The molecule has 1 aliphatic rings. The second kappa shape index (κ2) is 10.4. The van der Waals surface area contributed by atoms with Gasteiger partial charge in [-0.05, 0) is 57.7 Å². The summed E-state index contributed by atoms with van der Waals surface area (Å²) in [5, 5.41) is 7.75. The third-order valence-corrected chi connectivity index (χ3v) is 6.07. The molecule has 7 heteroatoms. The molecule has 1 amide bonds. The molecule has 1 aromatic heterocycles. The highest BCUT2D eigenvalue weighted by molar-refractivity contribution is 7.11. The van der Waals surface area contributed by atoms with Gasteiger partial charge in [-0.2, -0.15) is 0 Å². The summed E-state index contributed by atoms with van der Waals surface area (Å²) in [5.74, 6) is 0.905. The van der Waals surface area contributed by atoms with Gasteiger partial charge in [0, 0.05) is 30.1 Å². The number of benzene rings is 1. The van der Waals surface area contributed by atoms with Crippen LogP contribution in [-0.4, -0.2) is 41.4 Å². The monoisotopic (exact) mass is 413 g/mol. The molecule has 1 aromatic carbocycles. The zero-order chi connectivity index (χ0) is 20.6. The highest BCUT2D eigenvalue weighted by Gasteiger charge is 2.18. The summed E-state index contributed by atoms with van der Waals surface area (Å²) in [6.45, 7) is 9.87. The van der Waals surface area contributed by atoms with E-state index in [1.807, 2.05) is 43.0 Å². The van der Waals surface area contributed by atoms with Crippen molar-refractivity contribution in [2.75, 3.05) is 19.6 Å². The fourth-order valence-electron chi connectivity index (χ4n) is 3.50. The highest BCUT2D eigenvalue weighted by atomic mass is 32.1. The lowest BCUT2D eigenvalue weighted by Crippen LogP contribution is -2.36. The molecule has 2 heterocycles. The van der Waals surface area contributed by atoms with Gasteiger partial charge in [-0.3, -0.25) is 4.79 Å². The van der Waals surface area contributed by atoms with Crippen LogP contribution in [-0.2, 0) is 13.1 Å². The average Bonchev–Trinajstić information content (AvgIpc) is 3.07. The number of hydrogen-bond donors (Lipinski definition) is 2. The molecule has 2 N–H and O–H groups in total. The number of aryl methyl sites for hydroxylation is 2. The molecule has 1 saturated heterocycles. The van der Waals surface area contributed by atoms with E-state index in [1.54, 1.807) is 11.3 Å². The number of thiazole rings is 1. The minimum absolute atomic E-state index is 0.136. The lowest BCUT2D eigenvalue weighted by atomic mass is 10.1. The predicted octanol–water partition coefficient (Wildman–Crippen LogP) is 3.64. The van der Waals surface area contributed by atoms with Crippen LogP contribution >= 0.6 is 11.3 Å². The summed E-state index contributed by atoms with van der Waals surface area (Å²) in [6, 6.07) is 7.85. The number of carbonyl (C=O) groups excluding carboxylic acids is 1. The van der Waals surface area contributed by atoms with Crippen molar-refractivity contribution in [1.82, 2.24) is 20.5 Å². The first-order valence-corrected chi connectivity index (χ1v) is 11.2. The normalized spacial score (nSPS) is 14.7. The van der Waals surface area contributed by atoms with Crippen molar-refractivity contribution in [2.24, 2.45) is 4.99 Å². The lowest BCUT2D eigenvalue weighted by Gasteiger charge is -2.26. The average molecular weight is 414 g/mol. The van der Waals surface area contributed by atoms with Gasteiger partial charge in [-0.15, -0.1) is 11.3 Å². The summed E-state index contributed by atoms with van der Waals surface area (Å²) in [6.07, 6.45) is 3.43. The first-order valence-electron chi connectivity index (χ1n) is 10.4. The maximum absolute atomic E-state index is 12.7. The molecule has 0 saturated carbocycles. The Morgan fingerprint density at radius 3 is 2.69 bits per heavy atom. The number of likely N-dealkylation sites (tertiary alicyclic amines) is 1. The van der Waals surface area contributed by atoms with Gasteiger partial charge in [0.2, 0.25) is 0 Å². The number of guanidine groups is 1. The van der Waals surface area contributed by atoms with Gasteiger partial charge in [-0.25, -0.2) is 9.98 Å². The van der Waals surface area contributed by atoms with Crippen molar-refractivity contribution < 1.29 is 4.79 Å². The molecule has 0 bridgehead atoms. The Hall–Kier alpha value is -2.41. The minimum Gasteiger partial charge on any atom is -0.357 e. The van der Waals surface area contributed by atoms with Gasteiger partial charge < -0.3 is 15.5 Å². The molecular formula is C22H31N5OS. The van der Waals surface area contributed by atoms with Gasteiger partial charge in [-0.1, -0.05) is 12.1 Å². The standard InChI is InChI=1S/C22H31N5OS/c1-4-23-22(25-15-20-16(2)26-17(3)29-20)24-14-18-9-8-10-19(13-18)21(28)27-11-6-5-7-12-27/h8-10,13H,4-7,11-12,14-15H2,1-3H3,(H2,23,24,25). The first kappa shape index (κ1) is 21.3. The number of aliphatic imine (C=N–C) groups is 1. The van der Waals surface area contributed by atoms with Crippen molar-refractivity contribution in [1.29, 1.82) is 0 Å². The molecule has 0 spiro atoms. The third-order valence-electron chi connectivity index (χ3n) is 5.00. The molecule has 1 aliphatic heterocycles. The number of piperidine rings is 1. The van der Waals surface area contributed by atoms with Gasteiger partial charge in [0.05, 0.1) is 23.8 Å². The number of amides is 1. The molecule has 1 fully saturated rings. The molecule has 156 valence electrons. The number of aromatic nitrogens is 1. The Kier molecular flexibility index (Phi) is 7.63. The van der Waals surface area contributed by atoms with Crippen LogP contribution in [0.4, 0.5) is 0 Å². The zero-order valence-corrected chi connectivity index (χ0v) is 18.4. The van der Waals surface area contributed by atoms with E-state index < -0.39 is 0 Å². The van der Waals surface area contributed by atoms with Crippen LogP contribution in [0.1, 0.15) is 57.7 Å². The Morgan fingerprint density at radius 1 is 1.21 bits per heavy atom. The number of nitrogens with one attached hydrogen (secondary N) is 2. The van der Waals surface area contributed by atoms with Crippen LogP contribution in [0.15, 0.2) is 29.3 Å². The van der Waals surface area contributed by atoms with Crippen molar-refractivity contribution in [3.05, 3.63) is 51.0 Å². The van der Waals surface area contributed by atoms with Crippen molar-refractivity contribution >= 4 is 23.2 Å². The van der Waals surface area contributed by atoms with E-state index in [2.05, 4.69) is 22.5 Å². The summed E-state index contributed by atoms with van der Waals surface area (Å²) >= 11 is 1.71. The summed E-state index contributed by atoms with van der Waals surface area (Å²) in [5.41, 5.74) is 2.86. The molecule has 2 aromatic rings. The van der Waals surface area contributed by atoms with Crippen LogP contribution in [0, 0.1) is 13.8 Å². The van der Waals surface area contributed by atoms with Crippen LogP contribution in [0.5, 0.6) is 0 Å². The lowest BCUT2D eigenvalue weighted by molar-refractivity contribution is 0.0724. The van der Waals surface area contributed by atoms with Crippen LogP contribution in [0.3, 0.4) is 0 Å². The molecule has 3 rings (SSSR count). The number of rotatable bonds is 6. The van der Waals surface area contributed by atoms with Gasteiger partial charge >= 0.3 is 0 Å². The molecule has 0 atom stereocenters. The van der Waals surface area contributed by atoms with Gasteiger partial charge in [0.15, 0.2) is 5.96 Å². The van der Waals surface area contributed by atoms with Crippen LogP contribution in [0.2, 0.25) is 0 Å². The summed E-state index contributed by atoms with van der Waals surface area (Å²) in [4.78, 5) is 25.1. The van der Waals surface area contributed by atoms with E-state index in [0.717, 1.165) is 60.3 Å². The van der Waals surface area contributed by atoms with Crippen molar-refractivity contribution in [3.63, 3.8) is 0 Å². The van der Waals surface area contributed by atoms with E-state index in [0.29, 0.717) is 13.1 Å². The highest BCUT2D eigenvalue weighted by Crippen LogP contribution is 2.17. The second-order valence-electron chi connectivity index (χ2n) is 7.34. The number of carbonyl (C=O) groups is 1. The SMILES string of the molecule is CCNC(=NCc1cccc(C(=O)N2CCCCC2)c1)NCc1sc(C)nc1C. The fraction of sp³-hybridized carbons (Fsp3) is 0.500. The maximum atomic E-state index is 12.7. The number of nitrogens with zero attached hydrogens (tertiary/aromatic N) is 3. The van der Waals surface area contributed by atoms with Crippen molar-refractivity contribution in [3.8, 4) is 0 Å². The molecule has 0 unspecified atom stereocenters. The molecule has 0 aliphatic carbocycles. The van der Waals surface area contributed by atoms with E-state index in [4.69, 9.17) is 4.99 Å². The van der Waals surface area contributed by atoms with Gasteiger partial charge in [0.1, 0.15) is 0 Å². The molecule has 6 nitrogen and oxygen atoms in total. The topological polar surface area (TPSA) is 69.6 Å². The summed E-state index contributed by atoms with van der Waals surface area (Å²) < 4.78 is 0. The predicted molar refractivity (Wildman–Crippen MR) is 119 cm³/mol. The minimum atomic E-state index is 0.136. The summed E-state index contributed by atoms with van der Waals surface area (Å²) in [7, 11) is 0. The molecule has 0 radical (unpaired) electrons. The molecule has 29 heavy (non-hydrogen) atoms. The smallest absolute Gasteiger partial charge is 0.253 e. The van der Waals surface area contributed by atoms with E-state index in [-0.39, 0.29) is 5.91 Å². The van der Waals surface area contributed by atoms with Crippen LogP contribution in [0.25, 0.3) is 0 Å². The van der Waals surface area contributed by atoms with E-state index in [1.165, 1.54) is 11.3 Å². The molecular weight excluding hydrogens is 382 g/mol. The zero-order valence-electron chi connectivity index (χ0n) is 17.6. The Morgan fingerprint density at radius 2 is 2.00 bits per heavy atom. The van der Waals surface area contributed by atoms with E-state index in [9.17, 15) is 4.79 Å². The maximum Gasteiger partial charge on any atom is 0.253 e. The quantitative estimate of drug-likeness (QED) is 0.560. The number of hydrogen-bond acceptors (Lipinski definition) is 4. The van der Waals surface area contributed by atoms with E-state index >= 15 is 0 Å².